The number of nitrogens with zero attached hydrogens (tertiary/aromatic N) is 2. The molecule has 1 fully saturated rings. The van der Waals surface area contributed by atoms with Crippen LogP contribution in [-0.2, 0) is 14.6 Å². The van der Waals surface area contributed by atoms with Gasteiger partial charge >= 0.3 is 0 Å². The van der Waals surface area contributed by atoms with Crippen LogP contribution >= 0.6 is 22.9 Å². The molecule has 0 bridgehead atoms. The average Bonchev–Trinajstić information content (AvgIpc) is 3.42. The number of rotatable bonds is 6. The van der Waals surface area contributed by atoms with E-state index in [1.807, 2.05) is 12.1 Å². The monoisotopic (exact) mass is 478 g/mol. The molecule has 2 aromatic carbocycles. The Kier molecular flexibility index (Phi) is 6.35. The molecule has 2 heterocycles. The van der Waals surface area contributed by atoms with Gasteiger partial charge in [-0.2, -0.15) is 0 Å². The smallest absolute Gasteiger partial charge is 0.260 e. The summed E-state index contributed by atoms with van der Waals surface area (Å²) in [5, 5.41) is 0.461. The molecule has 0 spiro atoms. The van der Waals surface area contributed by atoms with Crippen molar-refractivity contribution in [3.63, 3.8) is 0 Å². The van der Waals surface area contributed by atoms with Crippen molar-refractivity contribution in [2.24, 2.45) is 0 Å². The number of hydrogen-bond acceptors (Lipinski definition) is 6. The van der Waals surface area contributed by atoms with E-state index in [1.165, 1.54) is 23.5 Å². The van der Waals surface area contributed by atoms with Crippen LogP contribution in [-0.4, -0.2) is 43.8 Å². The van der Waals surface area contributed by atoms with Crippen LogP contribution < -0.4 is 4.90 Å². The lowest BCUT2D eigenvalue weighted by atomic mass is 10.2. The first-order chi connectivity index (χ1) is 14.8. The highest BCUT2D eigenvalue weighted by atomic mass is 35.5. The second-order valence-electron chi connectivity index (χ2n) is 7.76. The summed E-state index contributed by atoms with van der Waals surface area (Å²) in [6.07, 6.45) is 1.71. The predicted octanol–water partition coefficient (Wildman–Crippen LogP) is 4.96. The van der Waals surface area contributed by atoms with Crippen molar-refractivity contribution in [2.45, 2.75) is 42.9 Å². The van der Waals surface area contributed by atoms with E-state index in [0.717, 1.165) is 17.5 Å². The van der Waals surface area contributed by atoms with Gasteiger partial charge in [0.15, 0.2) is 15.0 Å². The fourth-order valence-corrected chi connectivity index (χ4v) is 5.87. The van der Waals surface area contributed by atoms with Gasteiger partial charge in [-0.1, -0.05) is 35.1 Å². The number of amides is 1. The lowest BCUT2D eigenvalue weighted by molar-refractivity contribution is 0.0917. The van der Waals surface area contributed by atoms with Crippen LogP contribution in [0.25, 0.3) is 10.2 Å². The summed E-state index contributed by atoms with van der Waals surface area (Å²) in [4.78, 5) is 19.9. The number of halogens is 1. The number of para-hydroxylation sites is 1. The molecule has 1 aliphatic heterocycles. The third kappa shape index (κ3) is 4.48. The number of hydrogen-bond donors (Lipinski definition) is 0. The van der Waals surface area contributed by atoms with Crippen LogP contribution in [0, 0.1) is 0 Å². The molecule has 0 radical (unpaired) electrons. The lowest BCUT2D eigenvalue weighted by Crippen LogP contribution is -2.37. The van der Waals surface area contributed by atoms with E-state index in [4.69, 9.17) is 16.3 Å². The Morgan fingerprint density at radius 1 is 1.29 bits per heavy atom. The van der Waals surface area contributed by atoms with E-state index in [1.54, 1.807) is 36.9 Å². The Balaban J connectivity index is 1.74. The molecule has 4 rings (SSSR count). The molecule has 3 aromatic rings. The lowest BCUT2D eigenvalue weighted by Gasteiger charge is -2.23. The van der Waals surface area contributed by atoms with Gasteiger partial charge in [0.1, 0.15) is 5.52 Å². The van der Waals surface area contributed by atoms with Gasteiger partial charge < -0.3 is 4.74 Å². The van der Waals surface area contributed by atoms with Gasteiger partial charge in [-0.15, -0.1) is 0 Å². The zero-order valence-electron chi connectivity index (χ0n) is 17.2. The molecular formula is C22H23ClN2O4S2. The average molecular weight is 479 g/mol. The first-order valence-corrected chi connectivity index (χ1v) is 12.8. The van der Waals surface area contributed by atoms with Crippen molar-refractivity contribution in [3.05, 3.63) is 53.1 Å². The summed E-state index contributed by atoms with van der Waals surface area (Å²) in [7, 11) is -3.50. The summed E-state index contributed by atoms with van der Waals surface area (Å²) < 4.78 is 31.9. The van der Waals surface area contributed by atoms with Gasteiger partial charge in [0.05, 0.1) is 32.5 Å². The van der Waals surface area contributed by atoms with E-state index in [-0.39, 0.29) is 16.9 Å². The highest BCUT2D eigenvalue weighted by Crippen LogP contribution is 2.34. The molecule has 31 heavy (non-hydrogen) atoms. The van der Waals surface area contributed by atoms with E-state index < -0.39 is 15.1 Å². The number of aromatic nitrogens is 1. The van der Waals surface area contributed by atoms with Gasteiger partial charge in [-0.3, -0.25) is 9.69 Å². The van der Waals surface area contributed by atoms with Crippen LogP contribution in [0.1, 0.15) is 37.0 Å². The van der Waals surface area contributed by atoms with Crippen molar-refractivity contribution in [2.75, 3.05) is 18.1 Å². The third-order valence-electron chi connectivity index (χ3n) is 5.27. The molecule has 1 aromatic heterocycles. The number of carbonyl (C=O) groups excluding carboxylic acids is 1. The van der Waals surface area contributed by atoms with Gasteiger partial charge in [0.25, 0.3) is 5.91 Å². The molecule has 1 unspecified atom stereocenters. The van der Waals surface area contributed by atoms with E-state index in [9.17, 15) is 13.2 Å². The van der Waals surface area contributed by atoms with Gasteiger partial charge in [0.2, 0.25) is 0 Å². The molecule has 6 nitrogen and oxygen atoms in total. The van der Waals surface area contributed by atoms with Crippen molar-refractivity contribution < 1.29 is 17.9 Å². The number of carbonyl (C=O) groups is 1. The quantitative estimate of drug-likeness (QED) is 0.500. The van der Waals surface area contributed by atoms with Crippen molar-refractivity contribution in [1.29, 1.82) is 0 Å². The maximum Gasteiger partial charge on any atom is 0.260 e. The first-order valence-electron chi connectivity index (χ1n) is 10.1. The molecule has 1 amide bonds. The fraction of sp³-hybridized carbons (Fsp3) is 0.364. The van der Waals surface area contributed by atoms with E-state index in [0.29, 0.717) is 34.4 Å². The molecule has 0 saturated carbocycles. The molecule has 1 saturated heterocycles. The number of ether oxygens (including phenoxy) is 1. The molecule has 1 aliphatic rings. The second kappa shape index (κ2) is 8.86. The Bertz CT molecular complexity index is 1220. The molecule has 1 atom stereocenters. The maximum absolute atomic E-state index is 13.6. The number of thiazole rings is 1. The minimum Gasteiger partial charge on any atom is -0.376 e. The molecule has 0 aliphatic carbocycles. The minimum atomic E-state index is -3.50. The Labute approximate surface area is 190 Å². The molecular weight excluding hydrogens is 456 g/mol. The van der Waals surface area contributed by atoms with Crippen molar-refractivity contribution in [1.82, 2.24) is 4.98 Å². The number of sulfone groups is 1. The SMILES string of the molecule is CC(C)S(=O)(=O)c1cccc(C(=O)N(CC2CCCO2)c2nc3c(Cl)cccc3s2)c1. The number of anilines is 1. The number of benzene rings is 2. The highest BCUT2D eigenvalue weighted by molar-refractivity contribution is 7.92. The van der Waals surface area contributed by atoms with E-state index >= 15 is 0 Å². The zero-order chi connectivity index (χ0) is 22.2. The van der Waals surface area contributed by atoms with Gasteiger partial charge in [-0.25, -0.2) is 13.4 Å². The largest absolute Gasteiger partial charge is 0.376 e. The van der Waals surface area contributed by atoms with Gasteiger partial charge in [-0.05, 0) is 57.0 Å². The van der Waals surface area contributed by atoms with Crippen molar-refractivity contribution in [3.8, 4) is 0 Å². The van der Waals surface area contributed by atoms with Crippen molar-refractivity contribution >= 4 is 54.0 Å². The topological polar surface area (TPSA) is 76.6 Å². The van der Waals surface area contributed by atoms with Gasteiger partial charge in [0, 0.05) is 12.2 Å². The Hall–Kier alpha value is -2.00. The normalized spacial score (nSPS) is 16.8. The Morgan fingerprint density at radius 2 is 2.06 bits per heavy atom. The summed E-state index contributed by atoms with van der Waals surface area (Å²) in [6.45, 7) is 4.26. The molecule has 9 heteroatoms. The van der Waals surface area contributed by atoms with Crippen LogP contribution in [0.5, 0.6) is 0 Å². The summed E-state index contributed by atoms with van der Waals surface area (Å²) in [6, 6.07) is 11.7. The summed E-state index contributed by atoms with van der Waals surface area (Å²) in [5.41, 5.74) is 0.940. The standard InChI is InChI=1S/C22H23ClN2O4S2/c1-14(2)31(27,28)17-8-3-6-15(12-17)21(26)25(13-16-7-5-11-29-16)22-24-20-18(23)9-4-10-19(20)30-22/h3-4,6,8-10,12,14,16H,5,7,11,13H2,1-2H3. The second-order valence-corrected chi connectivity index (χ2v) is 11.7. The van der Waals surface area contributed by atoms with Crippen LogP contribution in [0.3, 0.4) is 0 Å². The summed E-state index contributed by atoms with van der Waals surface area (Å²) in [5.74, 6) is -0.313. The highest BCUT2D eigenvalue weighted by Gasteiger charge is 2.28. The van der Waals surface area contributed by atoms with Crippen LogP contribution in [0.2, 0.25) is 5.02 Å². The minimum absolute atomic E-state index is 0.0889. The predicted molar refractivity (Wildman–Crippen MR) is 124 cm³/mol. The Morgan fingerprint density at radius 3 is 2.74 bits per heavy atom. The van der Waals surface area contributed by atoms with Crippen LogP contribution in [0.15, 0.2) is 47.4 Å². The van der Waals surface area contributed by atoms with E-state index in [2.05, 4.69) is 4.98 Å². The first kappa shape index (κ1) is 22.2. The maximum atomic E-state index is 13.6. The fourth-order valence-electron chi connectivity index (χ4n) is 3.49. The third-order valence-corrected chi connectivity index (χ3v) is 8.78. The zero-order valence-corrected chi connectivity index (χ0v) is 19.6. The molecule has 0 N–H and O–H groups in total. The summed E-state index contributed by atoms with van der Waals surface area (Å²) >= 11 is 7.67. The molecule has 164 valence electrons. The van der Waals surface area contributed by atoms with Crippen LogP contribution in [0.4, 0.5) is 5.13 Å². The number of fused-ring (bicyclic) bond motifs is 1.